The maximum atomic E-state index is 4.44. The van der Waals surface area contributed by atoms with Crippen LogP contribution in [0, 0.1) is 13.8 Å². The van der Waals surface area contributed by atoms with Crippen molar-refractivity contribution in [2.75, 3.05) is 6.54 Å². The van der Waals surface area contributed by atoms with E-state index in [1.165, 1.54) is 0 Å². The summed E-state index contributed by atoms with van der Waals surface area (Å²) in [6, 6.07) is 2.14. The van der Waals surface area contributed by atoms with Crippen LogP contribution in [0.2, 0.25) is 0 Å². The van der Waals surface area contributed by atoms with Gasteiger partial charge < -0.3 is 5.32 Å². The molecule has 2 heterocycles. The van der Waals surface area contributed by atoms with E-state index in [1.807, 2.05) is 38.6 Å². The zero-order valence-corrected chi connectivity index (χ0v) is 11.7. The van der Waals surface area contributed by atoms with Crippen LogP contribution in [0.5, 0.6) is 0 Å². The molecule has 0 saturated heterocycles. The van der Waals surface area contributed by atoms with E-state index < -0.39 is 0 Å². The van der Waals surface area contributed by atoms with E-state index in [1.54, 1.807) is 0 Å². The van der Waals surface area contributed by atoms with Crippen LogP contribution < -0.4 is 5.32 Å². The van der Waals surface area contributed by atoms with Crippen molar-refractivity contribution in [1.82, 2.24) is 20.3 Å². The van der Waals surface area contributed by atoms with Crippen LogP contribution in [0.25, 0.3) is 0 Å². The van der Waals surface area contributed by atoms with Crippen LogP contribution in [0.1, 0.15) is 41.9 Å². The minimum absolute atomic E-state index is 0.00736. The minimum atomic E-state index is 0.00736. The fourth-order valence-electron chi connectivity index (χ4n) is 1.93. The molecule has 2 aromatic rings. The lowest BCUT2D eigenvalue weighted by atomic mass is 10.1. The molecule has 0 spiro atoms. The maximum Gasteiger partial charge on any atom is 0.149 e. The largest absolute Gasteiger partial charge is 0.304 e. The molecule has 1 unspecified atom stereocenters. The average molecular weight is 256 g/mol. The Labute approximate surface area is 114 Å². The molecule has 0 radical (unpaired) electrons. The third kappa shape index (κ3) is 3.58. The van der Waals surface area contributed by atoms with Crippen LogP contribution in [-0.2, 0) is 0 Å². The van der Waals surface area contributed by atoms with Gasteiger partial charge in [-0.1, -0.05) is 13.0 Å². The van der Waals surface area contributed by atoms with E-state index >= 15 is 0 Å². The Kier molecular flexibility index (Phi) is 4.58. The molecule has 2 aromatic heterocycles. The van der Waals surface area contributed by atoms with Gasteiger partial charge in [-0.2, -0.15) is 0 Å². The monoisotopic (exact) mass is 256 g/mol. The maximum absolute atomic E-state index is 4.44. The number of nitrogens with one attached hydrogen (secondary N) is 1. The van der Waals surface area contributed by atoms with Crippen molar-refractivity contribution in [1.29, 1.82) is 0 Å². The highest BCUT2D eigenvalue weighted by atomic mass is 15.0. The summed E-state index contributed by atoms with van der Waals surface area (Å²) in [7, 11) is 0. The van der Waals surface area contributed by atoms with Crippen molar-refractivity contribution in [2.24, 2.45) is 0 Å². The molecule has 0 aliphatic rings. The van der Waals surface area contributed by atoms with Gasteiger partial charge in [0.25, 0.3) is 0 Å². The normalized spacial score (nSPS) is 12.4. The topological polar surface area (TPSA) is 50.7 Å². The Morgan fingerprint density at radius 1 is 1.05 bits per heavy atom. The molecule has 0 aliphatic carbocycles. The summed E-state index contributed by atoms with van der Waals surface area (Å²) in [6.07, 6.45) is 8.51. The Balaban J connectivity index is 2.32. The predicted octanol–water partition coefficient (Wildman–Crippen LogP) is 2.58. The fourth-order valence-corrected chi connectivity index (χ4v) is 1.93. The van der Waals surface area contributed by atoms with Crippen molar-refractivity contribution < 1.29 is 0 Å². The fraction of sp³-hybridized carbons (Fsp3) is 0.400. The van der Waals surface area contributed by atoms with Crippen LogP contribution in [0.15, 0.2) is 30.9 Å². The number of aromatic nitrogens is 3. The molecule has 0 saturated carbocycles. The summed E-state index contributed by atoms with van der Waals surface area (Å²) in [5.74, 6) is 0.798. The SMILES string of the molecule is CCCNC(c1cncc(C)c1)c1ncc(C)cn1. The Hall–Kier alpha value is -1.81. The molecule has 1 N–H and O–H groups in total. The smallest absolute Gasteiger partial charge is 0.149 e. The summed E-state index contributed by atoms with van der Waals surface area (Å²) in [6.45, 7) is 7.11. The summed E-state index contributed by atoms with van der Waals surface area (Å²) < 4.78 is 0. The zero-order valence-electron chi connectivity index (χ0n) is 11.7. The van der Waals surface area contributed by atoms with Gasteiger partial charge in [-0.15, -0.1) is 0 Å². The molecule has 19 heavy (non-hydrogen) atoms. The lowest BCUT2D eigenvalue weighted by Gasteiger charge is -2.17. The van der Waals surface area contributed by atoms with E-state index in [-0.39, 0.29) is 6.04 Å². The number of nitrogens with zero attached hydrogens (tertiary/aromatic N) is 3. The van der Waals surface area contributed by atoms with Gasteiger partial charge in [0, 0.05) is 24.8 Å². The first kappa shape index (κ1) is 13.6. The average Bonchev–Trinajstić information content (AvgIpc) is 2.41. The third-order valence-corrected chi connectivity index (χ3v) is 2.89. The standard InChI is InChI=1S/C15H20N4/c1-4-5-17-14(13-6-11(2)7-16-10-13)15-18-8-12(3)9-19-15/h6-10,14,17H,4-5H2,1-3H3. The molecule has 2 rings (SSSR count). The van der Waals surface area contributed by atoms with E-state index in [0.29, 0.717) is 0 Å². The highest BCUT2D eigenvalue weighted by Crippen LogP contribution is 2.18. The molecule has 4 heteroatoms. The van der Waals surface area contributed by atoms with Crippen LogP contribution in [-0.4, -0.2) is 21.5 Å². The van der Waals surface area contributed by atoms with Crippen LogP contribution in [0.3, 0.4) is 0 Å². The second-order valence-corrected chi connectivity index (χ2v) is 4.80. The Morgan fingerprint density at radius 3 is 2.42 bits per heavy atom. The van der Waals surface area contributed by atoms with Gasteiger partial charge in [-0.3, -0.25) is 4.98 Å². The van der Waals surface area contributed by atoms with E-state index in [9.17, 15) is 0 Å². The van der Waals surface area contributed by atoms with Gasteiger partial charge in [-0.05, 0) is 43.5 Å². The van der Waals surface area contributed by atoms with Gasteiger partial charge in [0.2, 0.25) is 0 Å². The summed E-state index contributed by atoms with van der Waals surface area (Å²) in [4.78, 5) is 13.1. The highest BCUT2D eigenvalue weighted by Gasteiger charge is 2.16. The van der Waals surface area contributed by atoms with Crippen LogP contribution in [0.4, 0.5) is 0 Å². The first-order chi connectivity index (χ1) is 9.20. The predicted molar refractivity (Wildman–Crippen MR) is 75.9 cm³/mol. The second-order valence-electron chi connectivity index (χ2n) is 4.80. The van der Waals surface area contributed by atoms with Crippen molar-refractivity contribution in [2.45, 2.75) is 33.2 Å². The Morgan fingerprint density at radius 2 is 1.79 bits per heavy atom. The Bertz CT molecular complexity index is 522. The van der Waals surface area contributed by atoms with Gasteiger partial charge in [0.15, 0.2) is 0 Å². The molecule has 100 valence electrons. The van der Waals surface area contributed by atoms with E-state index in [2.05, 4.69) is 33.3 Å². The molecule has 1 atom stereocenters. The quantitative estimate of drug-likeness (QED) is 0.893. The molecule has 0 aromatic carbocycles. The van der Waals surface area contributed by atoms with Crippen molar-refractivity contribution in [3.8, 4) is 0 Å². The highest BCUT2D eigenvalue weighted by molar-refractivity contribution is 5.25. The number of hydrogen-bond donors (Lipinski definition) is 1. The van der Waals surface area contributed by atoms with Gasteiger partial charge in [0.05, 0.1) is 6.04 Å². The number of aryl methyl sites for hydroxylation is 2. The molecule has 0 fully saturated rings. The summed E-state index contributed by atoms with van der Waals surface area (Å²) in [5, 5.41) is 3.48. The van der Waals surface area contributed by atoms with Crippen molar-refractivity contribution in [3.05, 3.63) is 53.4 Å². The summed E-state index contributed by atoms with van der Waals surface area (Å²) in [5.41, 5.74) is 3.32. The first-order valence-corrected chi connectivity index (χ1v) is 6.64. The van der Waals surface area contributed by atoms with Gasteiger partial charge >= 0.3 is 0 Å². The molecule has 0 amide bonds. The lowest BCUT2D eigenvalue weighted by Crippen LogP contribution is -2.25. The molecular formula is C15H20N4. The number of rotatable bonds is 5. The minimum Gasteiger partial charge on any atom is -0.304 e. The van der Waals surface area contributed by atoms with Crippen molar-refractivity contribution >= 4 is 0 Å². The zero-order chi connectivity index (χ0) is 13.7. The van der Waals surface area contributed by atoms with Gasteiger partial charge in [-0.25, -0.2) is 9.97 Å². The third-order valence-electron chi connectivity index (χ3n) is 2.89. The van der Waals surface area contributed by atoms with Crippen molar-refractivity contribution in [3.63, 3.8) is 0 Å². The lowest BCUT2D eigenvalue weighted by molar-refractivity contribution is 0.569. The van der Waals surface area contributed by atoms with Gasteiger partial charge in [0.1, 0.15) is 5.82 Å². The number of pyridine rings is 1. The molecule has 0 bridgehead atoms. The molecular weight excluding hydrogens is 236 g/mol. The van der Waals surface area contributed by atoms with E-state index in [4.69, 9.17) is 0 Å². The first-order valence-electron chi connectivity index (χ1n) is 6.64. The van der Waals surface area contributed by atoms with E-state index in [0.717, 1.165) is 35.5 Å². The van der Waals surface area contributed by atoms with Crippen LogP contribution >= 0.6 is 0 Å². The summed E-state index contributed by atoms with van der Waals surface area (Å²) >= 11 is 0. The molecule has 4 nitrogen and oxygen atoms in total. The second kappa shape index (κ2) is 6.38. The molecule has 0 aliphatic heterocycles. The number of hydrogen-bond acceptors (Lipinski definition) is 4.